The SMILES string of the molecule is CC(C)c1cc(NCCN(C(C)C)C(C)C)ncn1. The maximum absolute atomic E-state index is 4.28. The van der Waals surface area contributed by atoms with Crippen molar-refractivity contribution in [2.24, 2.45) is 0 Å². The average molecular weight is 264 g/mol. The Bertz CT molecular complexity index is 366. The fourth-order valence-corrected chi connectivity index (χ4v) is 2.21. The summed E-state index contributed by atoms with van der Waals surface area (Å²) < 4.78 is 0. The van der Waals surface area contributed by atoms with E-state index in [2.05, 4.69) is 61.7 Å². The molecule has 19 heavy (non-hydrogen) atoms. The van der Waals surface area contributed by atoms with Crippen LogP contribution in [0.15, 0.2) is 12.4 Å². The van der Waals surface area contributed by atoms with Crippen molar-refractivity contribution >= 4 is 5.82 Å². The van der Waals surface area contributed by atoms with Gasteiger partial charge in [0.15, 0.2) is 0 Å². The van der Waals surface area contributed by atoms with Gasteiger partial charge in [-0.25, -0.2) is 9.97 Å². The number of nitrogens with one attached hydrogen (secondary N) is 1. The molecular formula is C15H28N4. The highest BCUT2D eigenvalue weighted by Gasteiger charge is 2.12. The van der Waals surface area contributed by atoms with E-state index in [9.17, 15) is 0 Å². The topological polar surface area (TPSA) is 41.0 Å². The second-order valence-electron chi connectivity index (χ2n) is 5.83. The van der Waals surface area contributed by atoms with Crippen molar-refractivity contribution in [3.05, 3.63) is 18.1 Å². The molecule has 0 unspecified atom stereocenters. The Kier molecular flexibility index (Phi) is 6.22. The highest BCUT2D eigenvalue weighted by atomic mass is 15.2. The Morgan fingerprint density at radius 3 is 2.21 bits per heavy atom. The first-order valence-electron chi connectivity index (χ1n) is 7.23. The fraction of sp³-hybridized carbons (Fsp3) is 0.733. The van der Waals surface area contributed by atoms with Gasteiger partial charge in [0, 0.05) is 36.9 Å². The Morgan fingerprint density at radius 2 is 1.68 bits per heavy atom. The van der Waals surface area contributed by atoms with E-state index in [0.717, 1.165) is 24.6 Å². The molecular weight excluding hydrogens is 236 g/mol. The molecule has 0 saturated heterocycles. The van der Waals surface area contributed by atoms with Crippen LogP contribution in [0.1, 0.15) is 53.2 Å². The minimum absolute atomic E-state index is 0.436. The second-order valence-corrected chi connectivity index (χ2v) is 5.83. The lowest BCUT2D eigenvalue weighted by atomic mass is 10.1. The third-order valence-corrected chi connectivity index (χ3v) is 3.28. The van der Waals surface area contributed by atoms with Gasteiger partial charge in [-0.1, -0.05) is 13.8 Å². The maximum atomic E-state index is 4.28. The third kappa shape index (κ3) is 5.15. The van der Waals surface area contributed by atoms with Crippen LogP contribution in [0, 0.1) is 0 Å². The molecule has 0 aliphatic rings. The minimum Gasteiger partial charge on any atom is -0.369 e. The zero-order valence-corrected chi connectivity index (χ0v) is 13.1. The van der Waals surface area contributed by atoms with Gasteiger partial charge in [-0.2, -0.15) is 0 Å². The van der Waals surface area contributed by atoms with E-state index < -0.39 is 0 Å². The number of rotatable bonds is 7. The molecule has 1 aromatic rings. The van der Waals surface area contributed by atoms with Crippen molar-refractivity contribution in [1.82, 2.24) is 14.9 Å². The summed E-state index contributed by atoms with van der Waals surface area (Å²) in [6.45, 7) is 15.2. The molecule has 4 nitrogen and oxygen atoms in total. The first-order chi connectivity index (χ1) is 8.91. The molecule has 0 amide bonds. The molecule has 0 spiro atoms. The first kappa shape index (κ1) is 15.9. The Balaban J connectivity index is 2.50. The summed E-state index contributed by atoms with van der Waals surface area (Å²) in [6, 6.07) is 3.18. The fourth-order valence-electron chi connectivity index (χ4n) is 2.21. The van der Waals surface area contributed by atoms with E-state index in [1.807, 2.05) is 6.07 Å². The van der Waals surface area contributed by atoms with Crippen molar-refractivity contribution in [3.63, 3.8) is 0 Å². The highest BCUT2D eigenvalue weighted by Crippen LogP contribution is 2.13. The number of hydrogen-bond acceptors (Lipinski definition) is 4. The lowest BCUT2D eigenvalue weighted by molar-refractivity contribution is 0.182. The van der Waals surface area contributed by atoms with Gasteiger partial charge >= 0.3 is 0 Å². The molecule has 0 bridgehead atoms. The number of aromatic nitrogens is 2. The summed E-state index contributed by atoms with van der Waals surface area (Å²) in [7, 11) is 0. The molecule has 108 valence electrons. The van der Waals surface area contributed by atoms with Gasteiger partial charge in [-0.15, -0.1) is 0 Å². The van der Waals surface area contributed by atoms with Crippen LogP contribution >= 0.6 is 0 Å². The standard InChI is InChI=1S/C15H28N4/c1-11(2)14-9-15(18-10-17-14)16-7-8-19(12(3)4)13(5)6/h9-13H,7-8H2,1-6H3,(H,16,17,18). The van der Waals surface area contributed by atoms with E-state index in [0.29, 0.717) is 18.0 Å². The Labute approximate surface area is 117 Å². The van der Waals surface area contributed by atoms with E-state index in [-0.39, 0.29) is 0 Å². The summed E-state index contributed by atoms with van der Waals surface area (Å²) in [5.74, 6) is 1.36. The summed E-state index contributed by atoms with van der Waals surface area (Å²) in [5.41, 5.74) is 1.09. The van der Waals surface area contributed by atoms with Gasteiger partial charge in [0.1, 0.15) is 12.1 Å². The normalized spacial score (nSPS) is 11.9. The predicted molar refractivity (Wildman–Crippen MR) is 81.6 cm³/mol. The minimum atomic E-state index is 0.436. The number of anilines is 1. The molecule has 1 aromatic heterocycles. The van der Waals surface area contributed by atoms with Gasteiger partial charge < -0.3 is 5.32 Å². The van der Waals surface area contributed by atoms with E-state index in [4.69, 9.17) is 0 Å². The molecule has 1 heterocycles. The van der Waals surface area contributed by atoms with Gasteiger partial charge in [0.2, 0.25) is 0 Å². The largest absolute Gasteiger partial charge is 0.369 e. The maximum Gasteiger partial charge on any atom is 0.129 e. The summed E-state index contributed by atoms with van der Waals surface area (Å²) >= 11 is 0. The predicted octanol–water partition coefficient (Wildman–Crippen LogP) is 3.13. The van der Waals surface area contributed by atoms with Gasteiger partial charge in [-0.05, 0) is 33.6 Å². The highest BCUT2D eigenvalue weighted by molar-refractivity contribution is 5.35. The number of hydrogen-bond donors (Lipinski definition) is 1. The zero-order chi connectivity index (χ0) is 14.4. The van der Waals surface area contributed by atoms with Crippen LogP contribution in [0.4, 0.5) is 5.82 Å². The molecule has 0 atom stereocenters. The van der Waals surface area contributed by atoms with Crippen LogP contribution in [0.3, 0.4) is 0 Å². The van der Waals surface area contributed by atoms with Gasteiger partial charge in [0.05, 0.1) is 0 Å². The molecule has 1 N–H and O–H groups in total. The summed E-state index contributed by atoms with van der Waals surface area (Å²) in [5, 5.41) is 3.39. The second kappa shape index (κ2) is 7.43. The quantitative estimate of drug-likeness (QED) is 0.821. The molecule has 0 aromatic carbocycles. The van der Waals surface area contributed by atoms with Crippen molar-refractivity contribution in [2.45, 2.75) is 59.5 Å². The molecule has 1 rings (SSSR count). The van der Waals surface area contributed by atoms with Gasteiger partial charge in [-0.3, -0.25) is 4.90 Å². The summed E-state index contributed by atoms with van der Waals surface area (Å²) in [6.07, 6.45) is 1.64. The molecule has 4 heteroatoms. The van der Waals surface area contributed by atoms with Crippen LogP contribution in [0.2, 0.25) is 0 Å². The van der Waals surface area contributed by atoms with Crippen LogP contribution in [-0.2, 0) is 0 Å². The zero-order valence-electron chi connectivity index (χ0n) is 13.1. The molecule has 0 saturated carbocycles. The van der Waals surface area contributed by atoms with Crippen molar-refractivity contribution < 1.29 is 0 Å². The van der Waals surface area contributed by atoms with E-state index in [1.54, 1.807) is 6.33 Å². The lowest BCUT2D eigenvalue weighted by Gasteiger charge is -2.30. The monoisotopic (exact) mass is 264 g/mol. The van der Waals surface area contributed by atoms with Crippen LogP contribution in [-0.4, -0.2) is 40.0 Å². The van der Waals surface area contributed by atoms with Crippen LogP contribution in [0.5, 0.6) is 0 Å². The van der Waals surface area contributed by atoms with Crippen LogP contribution in [0.25, 0.3) is 0 Å². The lowest BCUT2D eigenvalue weighted by Crippen LogP contribution is -2.40. The number of nitrogens with zero attached hydrogens (tertiary/aromatic N) is 3. The van der Waals surface area contributed by atoms with Gasteiger partial charge in [0.25, 0.3) is 0 Å². The first-order valence-corrected chi connectivity index (χ1v) is 7.23. The van der Waals surface area contributed by atoms with Crippen molar-refractivity contribution in [1.29, 1.82) is 0 Å². The molecule has 0 fully saturated rings. The molecule has 0 aliphatic carbocycles. The van der Waals surface area contributed by atoms with E-state index in [1.165, 1.54) is 0 Å². The molecule has 0 radical (unpaired) electrons. The van der Waals surface area contributed by atoms with E-state index >= 15 is 0 Å². The third-order valence-electron chi connectivity index (χ3n) is 3.28. The Morgan fingerprint density at radius 1 is 1.05 bits per heavy atom. The van der Waals surface area contributed by atoms with Crippen molar-refractivity contribution in [2.75, 3.05) is 18.4 Å². The average Bonchev–Trinajstić information content (AvgIpc) is 2.34. The molecule has 0 aliphatic heterocycles. The van der Waals surface area contributed by atoms with Crippen LogP contribution < -0.4 is 5.32 Å². The van der Waals surface area contributed by atoms with Crippen molar-refractivity contribution in [3.8, 4) is 0 Å². The Hall–Kier alpha value is -1.16. The smallest absolute Gasteiger partial charge is 0.129 e. The summed E-state index contributed by atoms with van der Waals surface area (Å²) in [4.78, 5) is 11.0.